The van der Waals surface area contributed by atoms with Crippen molar-refractivity contribution in [1.29, 1.82) is 0 Å². The van der Waals surface area contributed by atoms with E-state index in [1.54, 1.807) is 40.6 Å². The van der Waals surface area contributed by atoms with E-state index in [4.69, 9.17) is 18.9 Å². The first-order valence-corrected chi connectivity index (χ1v) is 9.27. The lowest BCUT2D eigenvalue weighted by Crippen LogP contribution is -2.20. The summed E-state index contributed by atoms with van der Waals surface area (Å²) in [7, 11) is 6.26. The number of hydrogen-bond donors (Lipinski definition) is 2. The monoisotopic (exact) mass is 411 g/mol. The summed E-state index contributed by atoms with van der Waals surface area (Å²) in [6, 6.07) is 9.15. The van der Waals surface area contributed by atoms with Gasteiger partial charge in [-0.1, -0.05) is 0 Å². The first kappa shape index (κ1) is 21.0. The van der Waals surface area contributed by atoms with Crippen LogP contribution in [0.1, 0.15) is 16.8 Å². The molecule has 3 rings (SSSR count). The number of aromatic amines is 1. The lowest BCUT2D eigenvalue weighted by molar-refractivity contribution is -0.120. The van der Waals surface area contributed by atoms with Crippen LogP contribution in [-0.4, -0.2) is 45.5 Å². The van der Waals surface area contributed by atoms with Gasteiger partial charge in [0.25, 0.3) is 0 Å². The van der Waals surface area contributed by atoms with E-state index in [0.29, 0.717) is 22.8 Å². The quantitative estimate of drug-likeness (QED) is 0.439. The molecule has 0 saturated heterocycles. The fraction of sp³-hybridized carbons (Fsp3) is 0.273. The van der Waals surface area contributed by atoms with Gasteiger partial charge in [0.1, 0.15) is 11.5 Å². The molecule has 0 aliphatic rings. The van der Waals surface area contributed by atoms with Gasteiger partial charge >= 0.3 is 0 Å². The number of benzene rings is 2. The van der Waals surface area contributed by atoms with Crippen molar-refractivity contribution in [2.45, 2.75) is 13.3 Å². The number of carbonyl (C=O) groups excluding carboxylic acids is 1. The van der Waals surface area contributed by atoms with Crippen LogP contribution in [0.3, 0.4) is 0 Å². The van der Waals surface area contributed by atoms with Crippen molar-refractivity contribution >= 4 is 23.0 Å². The number of fused-ring (bicyclic) bond motifs is 1. The van der Waals surface area contributed by atoms with Crippen LogP contribution in [0.5, 0.6) is 23.0 Å². The third-order valence-corrected chi connectivity index (χ3v) is 4.79. The molecule has 0 atom stereocenters. The Balaban J connectivity index is 1.76. The van der Waals surface area contributed by atoms with Crippen LogP contribution >= 0.6 is 0 Å². The van der Waals surface area contributed by atoms with Crippen LogP contribution in [-0.2, 0) is 11.2 Å². The van der Waals surface area contributed by atoms with Crippen molar-refractivity contribution in [3.8, 4) is 23.0 Å². The van der Waals surface area contributed by atoms with Crippen LogP contribution in [0.25, 0.3) is 10.9 Å². The second-order valence-corrected chi connectivity index (χ2v) is 6.56. The molecule has 1 heterocycles. The van der Waals surface area contributed by atoms with Gasteiger partial charge in [0.2, 0.25) is 5.91 Å². The normalized spacial score (nSPS) is 11.0. The van der Waals surface area contributed by atoms with Crippen molar-refractivity contribution in [3.63, 3.8) is 0 Å². The summed E-state index contributed by atoms with van der Waals surface area (Å²) in [5.74, 6) is 2.12. The van der Waals surface area contributed by atoms with E-state index >= 15 is 0 Å². The first-order chi connectivity index (χ1) is 14.5. The molecule has 1 amide bonds. The van der Waals surface area contributed by atoms with Gasteiger partial charge in [0.05, 0.1) is 41.1 Å². The summed E-state index contributed by atoms with van der Waals surface area (Å²) in [4.78, 5) is 15.8. The Morgan fingerprint density at radius 1 is 1.00 bits per heavy atom. The standard InChI is InChI=1S/C22H25N3O5/c1-13-16(17-9-15(27-2)6-7-18(17)24-13)10-22(26)25-23-12-14-8-20(29-4)21(30-5)11-19(14)28-3/h6-9,11-12,24H,10H2,1-5H3,(H,25,26)/b23-12+. The molecule has 0 radical (unpaired) electrons. The molecule has 1 aromatic heterocycles. The fourth-order valence-corrected chi connectivity index (χ4v) is 3.24. The van der Waals surface area contributed by atoms with E-state index in [-0.39, 0.29) is 12.3 Å². The van der Waals surface area contributed by atoms with E-state index in [1.165, 1.54) is 6.21 Å². The smallest absolute Gasteiger partial charge is 0.244 e. The van der Waals surface area contributed by atoms with E-state index in [9.17, 15) is 4.79 Å². The number of hydrazone groups is 1. The zero-order valence-corrected chi connectivity index (χ0v) is 17.7. The molecule has 0 unspecified atom stereocenters. The lowest BCUT2D eigenvalue weighted by atomic mass is 10.1. The molecule has 0 aliphatic carbocycles. The van der Waals surface area contributed by atoms with Crippen molar-refractivity contribution < 1.29 is 23.7 Å². The number of methoxy groups -OCH3 is 4. The largest absolute Gasteiger partial charge is 0.497 e. The summed E-state index contributed by atoms with van der Waals surface area (Å²) in [5.41, 5.74) is 5.99. The summed E-state index contributed by atoms with van der Waals surface area (Å²) in [6.07, 6.45) is 1.68. The van der Waals surface area contributed by atoms with Gasteiger partial charge in [-0.3, -0.25) is 4.79 Å². The molecule has 0 bridgehead atoms. The average molecular weight is 411 g/mol. The fourth-order valence-electron chi connectivity index (χ4n) is 3.24. The third kappa shape index (κ3) is 4.32. The Kier molecular flexibility index (Phi) is 6.46. The molecular weight excluding hydrogens is 386 g/mol. The number of nitrogens with one attached hydrogen (secondary N) is 2. The highest BCUT2D eigenvalue weighted by atomic mass is 16.5. The predicted octanol–water partition coefficient (Wildman–Crippen LogP) is 3.20. The van der Waals surface area contributed by atoms with Crippen molar-refractivity contribution in [2.24, 2.45) is 5.10 Å². The number of aromatic nitrogens is 1. The summed E-state index contributed by atoms with van der Waals surface area (Å²) in [6.45, 7) is 1.94. The minimum atomic E-state index is -0.238. The van der Waals surface area contributed by atoms with E-state index in [1.807, 2.05) is 25.1 Å². The number of carbonyl (C=O) groups is 1. The van der Waals surface area contributed by atoms with Gasteiger partial charge in [-0.05, 0) is 36.8 Å². The molecule has 3 aromatic rings. The summed E-state index contributed by atoms with van der Waals surface area (Å²) < 4.78 is 21.2. The number of H-pyrrole nitrogens is 1. The first-order valence-electron chi connectivity index (χ1n) is 9.27. The molecule has 8 heteroatoms. The van der Waals surface area contributed by atoms with Gasteiger partial charge in [-0.2, -0.15) is 5.10 Å². The second kappa shape index (κ2) is 9.21. The molecule has 0 saturated carbocycles. The number of amides is 1. The van der Waals surface area contributed by atoms with Gasteiger partial charge in [-0.15, -0.1) is 0 Å². The van der Waals surface area contributed by atoms with Crippen LogP contribution in [0, 0.1) is 6.92 Å². The molecule has 30 heavy (non-hydrogen) atoms. The van der Waals surface area contributed by atoms with Crippen molar-refractivity contribution in [1.82, 2.24) is 10.4 Å². The summed E-state index contributed by atoms with van der Waals surface area (Å²) in [5, 5.41) is 5.02. The maximum absolute atomic E-state index is 12.5. The SMILES string of the molecule is COc1ccc2[nH]c(C)c(CC(=O)N/N=C/c3cc(OC)c(OC)cc3OC)c2c1. The maximum atomic E-state index is 12.5. The highest BCUT2D eigenvalue weighted by Gasteiger charge is 2.14. The average Bonchev–Trinajstić information content (AvgIpc) is 3.07. The second-order valence-electron chi connectivity index (χ2n) is 6.56. The molecule has 158 valence electrons. The highest BCUT2D eigenvalue weighted by molar-refractivity contribution is 5.91. The Morgan fingerprint density at radius 2 is 1.70 bits per heavy atom. The molecule has 0 spiro atoms. The number of aryl methyl sites for hydroxylation is 1. The Bertz CT molecular complexity index is 1090. The van der Waals surface area contributed by atoms with Crippen molar-refractivity contribution in [2.75, 3.05) is 28.4 Å². The molecule has 2 N–H and O–H groups in total. The maximum Gasteiger partial charge on any atom is 0.244 e. The Hall–Kier alpha value is -3.68. The zero-order chi connectivity index (χ0) is 21.7. The molecule has 0 aliphatic heterocycles. The Labute approximate surface area is 174 Å². The zero-order valence-electron chi connectivity index (χ0n) is 17.7. The van der Waals surface area contributed by atoms with E-state index in [0.717, 1.165) is 27.9 Å². The molecule has 2 aromatic carbocycles. The van der Waals surface area contributed by atoms with Crippen LogP contribution in [0.2, 0.25) is 0 Å². The number of nitrogens with zero attached hydrogens (tertiary/aromatic N) is 1. The minimum absolute atomic E-state index is 0.180. The van der Waals surface area contributed by atoms with Gasteiger partial charge in [-0.25, -0.2) is 5.43 Å². The van der Waals surface area contributed by atoms with Gasteiger partial charge < -0.3 is 23.9 Å². The van der Waals surface area contributed by atoms with Crippen LogP contribution in [0.15, 0.2) is 35.4 Å². The topological polar surface area (TPSA) is 94.2 Å². The molecule has 0 fully saturated rings. The highest BCUT2D eigenvalue weighted by Crippen LogP contribution is 2.33. The van der Waals surface area contributed by atoms with Gasteiger partial charge in [0.15, 0.2) is 11.5 Å². The van der Waals surface area contributed by atoms with E-state index < -0.39 is 0 Å². The molecular formula is C22H25N3O5. The predicted molar refractivity (Wildman–Crippen MR) is 115 cm³/mol. The lowest BCUT2D eigenvalue weighted by Gasteiger charge is -2.11. The van der Waals surface area contributed by atoms with Crippen LogP contribution < -0.4 is 24.4 Å². The minimum Gasteiger partial charge on any atom is -0.497 e. The van der Waals surface area contributed by atoms with Crippen LogP contribution in [0.4, 0.5) is 0 Å². The number of ether oxygens (including phenoxy) is 4. The third-order valence-electron chi connectivity index (χ3n) is 4.79. The van der Waals surface area contributed by atoms with E-state index in [2.05, 4.69) is 15.5 Å². The van der Waals surface area contributed by atoms with Gasteiger partial charge in [0, 0.05) is 28.2 Å². The molecule has 8 nitrogen and oxygen atoms in total. The summed E-state index contributed by atoms with van der Waals surface area (Å²) >= 11 is 0. The van der Waals surface area contributed by atoms with Crippen molar-refractivity contribution in [3.05, 3.63) is 47.2 Å². The Morgan fingerprint density at radius 3 is 2.37 bits per heavy atom. The number of rotatable bonds is 8. The number of hydrogen-bond acceptors (Lipinski definition) is 6.